The summed E-state index contributed by atoms with van der Waals surface area (Å²) in [6.07, 6.45) is 2.02. The van der Waals surface area contributed by atoms with Gasteiger partial charge in [-0.15, -0.1) is 0 Å². The van der Waals surface area contributed by atoms with E-state index in [0.29, 0.717) is 11.3 Å². The lowest BCUT2D eigenvalue weighted by Crippen LogP contribution is -2.44. The van der Waals surface area contributed by atoms with Gasteiger partial charge < -0.3 is 16.0 Å². The summed E-state index contributed by atoms with van der Waals surface area (Å²) in [4.78, 5) is 35.3. The van der Waals surface area contributed by atoms with Gasteiger partial charge in [0.1, 0.15) is 0 Å². The highest BCUT2D eigenvalue weighted by molar-refractivity contribution is 6.01. The van der Waals surface area contributed by atoms with Gasteiger partial charge >= 0.3 is 6.03 Å². The van der Waals surface area contributed by atoms with Crippen LogP contribution in [0.3, 0.4) is 0 Å². The zero-order chi connectivity index (χ0) is 16.8. The molecule has 0 aliphatic heterocycles. The van der Waals surface area contributed by atoms with Crippen molar-refractivity contribution in [2.24, 2.45) is 0 Å². The Hall–Kier alpha value is -2.57. The number of benzene rings is 1. The summed E-state index contributed by atoms with van der Waals surface area (Å²) in [5.74, 6) is -0.630. The number of imide groups is 1. The van der Waals surface area contributed by atoms with Crippen LogP contribution in [0.1, 0.15) is 37.0 Å². The third kappa shape index (κ3) is 5.61. The van der Waals surface area contributed by atoms with Crippen LogP contribution in [0, 0.1) is 0 Å². The minimum atomic E-state index is -0.536. The van der Waals surface area contributed by atoms with Crippen molar-refractivity contribution in [2.45, 2.75) is 38.8 Å². The highest BCUT2D eigenvalue weighted by atomic mass is 16.2. The van der Waals surface area contributed by atoms with Gasteiger partial charge in [0.05, 0.1) is 12.1 Å². The third-order valence-electron chi connectivity index (χ3n) is 3.20. The fourth-order valence-electron chi connectivity index (χ4n) is 1.97. The number of hydrogen-bond donors (Lipinski definition) is 4. The van der Waals surface area contributed by atoms with Crippen LogP contribution in [0.15, 0.2) is 24.3 Å². The van der Waals surface area contributed by atoms with Crippen LogP contribution < -0.4 is 21.3 Å². The Morgan fingerprint density at radius 1 is 1.17 bits per heavy atom. The van der Waals surface area contributed by atoms with Crippen molar-refractivity contribution in [3.05, 3.63) is 29.8 Å². The Bertz CT molecular complexity index is 597. The maximum absolute atomic E-state index is 12.1. The van der Waals surface area contributed by atoms with E-state index in [-0.39, 0.29) is 24.5 Å². The molecule has 23 heavy (non-hydrogen) atoms. The van der Waals surface area contributed by atoms with E-state index >= 15 is 0 Å². The van der Waals surface area contributed by atoms with Gasteiger partial charge in [0.15, 0.2) is 0 Å². The molecule has 4 N–H and O–H groups in total. The topological polar surface area (TPSA) is 99.3 Å². The Balaban J connectivity index is 1.88. The molecule has 1 aromatic carbocycles. The van der Waals surface area contributed by atoms with Gasteiger partial charge in [0.2, 0.25) is 5.91 Å². The second-order valence-electron chi connectivity index (χ2n) is 5.82. The predicted octanol–water partition coefficient (Wildman–Crippen LogP) is 1.22. The molecule has 0 saturated heterocycles. The zero-order valence-corrected chi connectivity index (χ0v) is 13.3. The maximum atomic E-state index is 12.1. The second kappa shape index (κ2) is 7.62. The summed E-state index contributed by atoms with van der Waals surface area (Å²) in [6.45, 7) is 3.51. The van der Waals surface area contributed by atoms with E-state index in [4.69, 9.17) is 0 Å². The first-order valence-corrected chi connectivity index (χ1v) is 7.70. The van der Waals surface area contributed by atoms with Crippen molar-refractivity contribution in [2.75, 3.05) is 11.9 Å². The smallest absolute Gasteiger partial charge is 0.321 e. The van der Waals surface area contributed by atoms with Crippen molar-refractivity contribution < 1.29 is 14.4 Å². The summed E-state index contributed by atoms with van der Waals surface area (Å²) in [5, 5.41) is 10.6. The van der Waals surface area contributed by atoms with Crippen molar-refractivity contribution in [3.8, 4) is 0 Å². The fraction of sp³-hybridized carbons (Fsp3) is 0.438. The molecule has 1 aromatic rings. The number of nitrogens with one attached hydrogen (secondary N) is 4. The number of rotatable bonds is 6. The highest BCUT2D eigenvalue weighted by Crippen LogP contribution is 2.21. The van der Waals surface area contributed by atoms with Crippen molar-refractivity contribution in [1.29, 1.82) is 0 Å². The van der Waals surface area contributed by atoms with Gasteiger partial charge in [-0.3, -0.25) is 14.9 Å². The highest BCUT2D eigenvalue weighted by Gasteiger charge is 2.24. The van der Waals surface area contributed by atoms with Crippen LogP contribution in [0.4, 0.5) is 10.5 Å². The molecule has 1 aliphatic rings. The first-order valence-electron chi connectivity index (χ1n) is 7.70. The van der Waals surface area contributed by atoms with Crippen LogP contribution in [-0.2, 0) is 4.79 Å². The lowest BCUT2D eigenvalue weighted by Gasteiger charge is -2.12. The molecular formula is C16H22N4O3. The summed E-state index contributed by atoms with van der Waals surface area (Å²) < 4.78 is 0. The van der Waals surface area contributed by atoms with Gasteiger partial charge in [-0.05, 0) is 38.8 Å². The fourth-order valence-corrected chi connectivity index (χ4v) is 1.97. The molecule has 124 valence electrons. The molecule has 0 radical (unpaired) electrons. The molecule has 7 heteroatoms. The monoisotopic (exact) mass is 318 g/mol. The van der Waals surface area contributed by atoms with Crippen molar-refractivity contribution in [3.63, 3.8) is 0 Å². The SMILES string of the molecule is CC(C)NC(=O)NC(=O)CNc1ccccc1C(=O)NC1CC1. The standard InChI is InChI=1S/C16H22N4O3/c1-10(2)18-16(23)20-14(21)9-17-13-6-4-3-5-12(13)15(22)19-11-7-8-11/h3-6,10-11,17H,7-9H2,1-2H3,(H,19,22)(H2,18,20,21,23). The molecule has 4 amide bonds. The number of carbonyl (C=O) groups is 3. The van der Waals surface area contributed by atoms with E-state index in [1.54, 1.807) is 38.1 Å². The number of carbonyl (C=O) groups excluding carboxylic acids is 3. The molecule has 7 nitrogen and oxygen atoms in total. The zero-order valence-electron chi connectivity index (χ0n) is 13.3. The van der Waals surface area contributed by atoms with E-state index in [0.717, 1.165) is 12.8 Å². The molecule has 0 unspecified atom stereocenters. The Kier molecular flexibility index (Phi) is 5.56. The van der Waals surface area contributed by atoms with Crippen LogP contribution in [0.25, 0.3) is 0 Å². The van der Waals surface area contributed by atoms with Crippen LogP contribution in [0.2, 0.25) is 0 Å². The molecular weight excluding hydrogens is 296 g/mol. The van der Waals surface area contributed by atoms with E-state index in [2.05, 4.69) is 21.3 Å². The van der Waals surface area contributed by atoms with Crippen LogP contribution >= 0.6 is 0 Å². The molecule has 1 fully saturated rings. The summed E-state index contributed by atoms with van der Waals surface area (Å²) in [7, 11) is 0. The van der Waals surface area contributed by atoms with Crippen LogP contribution in [-0.4, -0.2) is 36.5 Å². The molecule has 0 heterocycles. The summed E-state index contributed by atoms with van der Waals surface area (Å²) >= 11 is 0. The molecule has 1 aliphatic carbocycles. The number of para-hydroxylation sites is 1. The molecule has 0 bridgehead atoms. The second-order valence-corrected chi connectivity index (χ2v) is 5.82. The number of hydrogen-bond acceptors (Lipinski definition) is 4. The minimum Gasteiger partial charge on any atom is -0.375 e. The lowest BCUT2D eigenvalue weighted by atomic mass is 10.1. The van der Waals surface area contributed by atoms with Gasteiger partial charge in [-0.25, -0.2) is 4.79 Å². The first-order chi connectivity index (χ1) is 11.0. The first kappa shape index (κ1) is 16.8. The maximum Gasteiger partial charge on any atom is 0.321 e. The Morgan fingerprint density at radius 3 is 2.52 bits per heavy atom. The Morgan fingerprint density at radius 2 is 1.87 bits per heavy atom. The average Bonchev–Trinajstić information content (AvgIpc) is 3.28. The molecule has 1 saturated carbocycles. The lowest BCUT2D eigenvalue weighted by molar-refractivity contribution is -0.118. The number of anilines is 1. The third-order valence-corrected chi connectivity index (χ3v) is 3.20. The van der Waals surface area contributed by atoms with Gasteiger partial charge in [-0.2, -0.15) is 0 Å². The van der Waals surface area contributed by atoms with E-state index in [1.807, 2.05) is 0 Å². The van der Waals surface area contributed by atoms with E-state index in [9.17, 15) is 14.4 Å². The molecule has 0 aromatic heterocycles. The normalized spacial score (nSPS) is 13.3. The summed E-state index contributed by atoms with van der Waals surface area (Å²) in [6, 6.07) is 6.64. The number of urea groups is 1. The predicted molar refractivity (Wildman–Crippen MR) is 87.2 cm³/mol. The van der Waals surface area contributed by atoms with Gasteiger partial charge in [0, 0.05) is 17.8 Å². The van der Waals surface area contributed by atoms with Crippen LogP contribution in [0.5, 0.6) is 0 Å². The van der Waals surface area contributed by atoms with Gasteiger partial charge in [-0.1, -0.05) is 12.1 Å². The minimum absolute atomic E-state index is 0.0531. The average molecular weight is 318 g/mol. The largest absolute Gasteiger partial charge is 0.375 e. The molecule has 2 rings (SSSR count). The summed E-state index contributed by atoms with van der Waals surface area (Å²) in [5.41, 5.74) is 1.05. The Labute approximate surface area is 135 Å². The van der Waals surface area contributed by atoms with Crippen molar-refractivity contribution in [1.82, 2.24) is 16.0 Å². The number of amides is 4. The van der Waals surface area contributed by atoms with E-state index in [1.165, 1.54) is 0 Å². The van der Waals surface area contributed by atoms with E-state index < -0.39 is 11.9 Å². The van der Waals surface area contributed by atoms with Crippen molar-refractivity contribution >= 4 is 23.5 Å². The molecule has 0 atom stereocenters. The van der Waals surface area contributed by atoms with Gasteiger partial charge in [0.25, 0.3) is 5.91 Å². The quantitative estimate of drug-likeness (QED) is 0.634. The molecule has 0 spiro atoms.